The van der Waals surface area contributed by atoms with Gasteiger partial charge in [0.1, 0.15) is 5.82 Å². The summed E-state index contributed by atoms with van der Waals surface area (Å²) in [7, 11) is 3.70. The van der Waals surface area contributed by atoms with Crippen LogP contribution in [0.25, 0.3) is 11.6 Å². The number of aromatic amines is 1. The van der Waals surface area contributed by atoms with Crippen LogP contribution < -0.4 is 5.32 Å². The Morgan fingerprint density at radius 1 is 1.36 bits per heavy atom. The molecule has 3 aromatic rings. The Kier molecular flexibility index (Phi) is 5.35. The zero-order valence-electron chi connectivity index (χ0n) is 14.0. The minimum atomic E-state index is 0.472. The number of hydrogen-bond acceptors (Lipinski definition) is 4. The number of halogens is 1. The van der Waals surface area contributed by atoms with Gasteiger partial charge >= 0.3 is 0 Å². The van der Waals surface area contributed by atoms with Crippen LogP contribution in [0.4, 0.5) is 0 Å². The number of guanidine groups is 1. The average molecular weight is 359 g/mol. The lowest BCUT2D eigenvalue weighted by molar-refractivity contribution is 0.475. The summed E-state index contributed by atoms with van der Waals surface area (Å²) in [6.45, 7) is 1.16. The molecule has 0 amide bonds. The molecular formula is C17H19ClN6O. The number of aromatic nitrogens is 3. The van der Waals surface area contributed by atoms with Gasteiger partial charge in [-0.15, -0.1) is 5.10 Å². The maximum absolute atomic E-state index is 6.04. The minimum absolute atomic E-state index is 0.472. The van der Waals surface area contributed by atoms with Crippen molar-refractivity contribution in [1.29, 1.82) is 0 Å². The van der Waals surface area contributed by atoms with Crippen molar-refractivity contribution < 1.29 is 4.42 Å². The summed E-state index contributed by atoms with van der Waals surface area (Å²) >= 11 is 6.04. The molecule has 8 heteroatoms. The van der Waals surface area contributed by atoms with Crippen molar-refractivity contribution >= 4 is 17.6 Å². The average Bonchev–Trinajstić information content (AvgIpc) is 3.27. The number of benzene rings is 1. The third kappa shape index (κ3) is 4.39. The van der Waals surface area contributed by atoms with Crippen molar-refractivity contribution in [2.75, 3.05) is 14.1 Å². The number of nitrogens with zero attached hydrogens (tertiary/aromatic N) is 4. The molecule has 2 N–H and O–H groups in total. The maximum Gasteiger partial charge on any atom is 0.216 e. The first-order valence-electron chi connectivity index (χ1n) is 7.77. The van der Waals surface area contributed by atoms with E-state index in [2.05, 4.69) is 25.5 Å². The molecule has 0 fully saturated rings. The fourth-order valence-electron chi connectivity index (χ4n) is 2.42. The Labute approximate surface area is 150 Å². The fourth-order valence-corrected chi connectivity index (χ4v) is 2.63. The SMILES string of the molecule is CN=C(NCc1nc(-c2ccco2)n[nH]1)N(C)Cc1cccc(Cl)c1. The quantitative estimate of drug-likeness (QED) is 0.541. The van der Waals surface area contributed by atoms with Gasteiger partial charge in [-0.05, 0) is 29.8 Å². The molecular weight excluding hydrogens is 340 g/mol. The second-order valence-electron chi connectivity index (χ2n) is 5.47. The van der Waals surface area contributed by atoms with Crippen molar-refractivity contribution in [2.24, 2.45) is 4.99 Å². The van der Waals surface area contributed by atoms with Crippen molar-refractivity contribution in [3.63, 3.8) is 0 Å². The second kappa shape index (κ2) is 7.85. The Balaban J connectivity index is 1.59. The number of rotatable bonds is 5. The van der Waals surface area contributed by atoms with E-state index in [1.54, 1.807) is 19.4 Å². The molecule has 0 aliphatic heterocycles. The van der Waals surface area contributed by atoms with Crippen LogP contribution in [-0.2, 0) is 13.1 Å². The van der Waals surface area contributed by atoms with E-state index < -0.39 is 0 Å². The van der Waals surface area contributed by atoms with Crippen LogP contribution in [0.2, 0.25) is 5.02 Å². The molecule has 0 unspecified atom stereocenters. The largest absolute Gasteiger partial charge is 0.461 e. The summed E-state index contributed by atoms with van der Waals surface area (Å²) in [4.78, 5) is 10.7. The highest BCUT2D eigenvalue weighted by Gasteiger charge is 2.11. The lowest BCUT2D eigenvalue weighted by Gasteiger charge is -2.21. The van der Waals surface area contributed by atoms with Crippen LogP contribution in [0.3, 0.4) is 0 Å². The predicted molar refractivity (Wildman–Crippen MR) is 97.2 cm³/mol. The van der Waals surface area contributed by atoms with E-state index in [1.165, 1.54) is 0 Å². The molecule has 0 radical (unpaired) electrons. The highest BCUT2D eigenvalue weighted by Crippen LogP contribution is 2.14. The smallest absolute Gasteiger partial charge is 0.216 e. The molecule has 2 heterocycles. The normalized spacial score (nSPS) is 11.6. The first-order valence-corrected chi connectivity index (χ1v) is 8.15. The molecule has 0 saturated carbocycles. The number of H-pyrrole nitrogens is 1. The number of hydrogen-bond donors (Lipinski definition) is 2. The third-order valence-corrected chi connectivity index (χ3v) is 3.80. The second-order valence-corrected chi connectivity index (χ2v) is 5.91. The van der Waals surface area contributed by atoms with Gasteiger partial charge in [0.2, 0.25) is 5.82 Å². The Morgan fingerprint density at radius 2 is 2.24 bits per heavy atom. The maximum atomic E-state index is 6.04. The molecule has 0 atom stereocenters. The molecule has 0 bridgehead atoms. The molecule has 3 rings (SSSR count). The van der Waals surface area contributed by atoms with E-state index in [0.29, 0.717) is 30.5 Å². The molecule has 25 heavy (non-hydrogen) atoms. The highest BCUT2D eigenvalue weighted by molar-refractivity contribution is 6.30. The van der Waals surface area contributed by atoms with Crippen molar-refractivity contribution in [2.45, 2.75) is 13.1 Å². The van der Waals surface area contributed by atoms with Crippen LogP contribution in [0, 0.1) is 0 Å². The van der Waals surface area contributed by atoms with Gasteiger partial charge < -0.3 is 14.6 Å². The molecule has 1 aromatic carbocycles. The van der Waals surface area contributed by atoms with E-state index in [9.17, 15) is 0 Å². The zero-order valence-corrected chi connectivity index (χ0v) is 14.8. The molecule has 130 valence electrons. The van der Waals surface area contributed by atoms with E-state index in [0.717, 1.165) is 16.5 Å². The fraction of sp³-hybridized carbons (Fsp3) is 0.235. The summed E-state index contributed by atoms with van der Waals surface area (Å²) < 4.78 is 5.29. The van der Waals surface area contributed by atoms with E-state index >= 15 is 0 Å². The summed E-state index contributed by atoms with van der Waals surface area (Å²) in [5.74, 6) is 2.61. The molecule has 2 aromatic heterocycles. The van der Waals surface area contributed by atoms with Crippen LogP contribution in [0.15, 0.2) is 52.1 Å². The first-order chi connectivity index (χ1) is 12.2. The summed E-state index contributed by atoms with van der Waals surface area (Å²) in [5.41, 5.74) is 1.11. The first kappa shape index (κ1) is 17.0. The summed E-state index contributed by atoms with van der Waals surface area (Å²) in [5, 5.41) is 11.0. The molecule has 7 nitrogen and oxygen atoms in total. The lowest BCUT2D eigenvalue weighted by Crippen LogP contribution is -2.38. The third-order valence-electron chi connectivity index (χ3n) is 3.57. The number of nitrogens with one attached hydrogen (secondary N) is 2. The van der Waals surface area contributed by atoms with E-state index in [4.69, 9.17) is 16.0 Å². The van der Waals surface area contributed by atoms with Crippen LogP contribution in [0.5, 0.6) is 0 Å². The van der Waals surface area contributed by atoms with Gasteiger partial charge in [-0.25, -0.2) is 4.98 Å². The predicted octanol–water partition coefficient (Wildman–Crippen LogP) is 2.93. The highest BCUT2D eigenvalue weighted by atomic mass is 35.5. The topological polar surface area (TPSA) is 82.3 Å². The van der Waals surface area contributed by atoms with E-state index in [1.807, 2.05) is 42.3 Å². The molecule has 0 aliphatic carbocycles. The lowest BCUT2D eigenvalue weighted by atomic mass is 10.2. The minimum Gasteiger partial charge on any atom is -0.461 e. The summed E-state index contributed by atoms with van der Waals surface area (Å²) in [6, 6.07) is 11.4. The van der Waals surface area contributed by atoms with E-state index in [-0.39, 0.29) is 0 Å². The van der Waals surface area contributed by atoms with Gasteiger partial charge in [0, 0.05) is 25.7 Å². The van der Waals surface area contributed by atoms with Crippen LogP contribution in [-0.4, -0.2) is 40.1 Å². The van der Waals surface area contributed by atoms with Crippen molar-refractivity contribution in [1.82, 2.24) is 25.4 Å². The Morgan fingerprint density at radius 3 is 2.96 bits per heavy atom. The van der Waals surface area contributed by atoms with Gasteiger partial charge in [-0.2, -0.15) is 0 Å². The monoisotopic (exact) mass is 358 g/mol. The van der Waals surface area contributed by atoms with Crippen molar-refractivity contribution in [3.05, 3.63) is 59.1 Å². The van der Waals surface area contributed by atoms with Crippen LogP contribution in [0.1, 0.15) is 11.4 Å². The molecule has 0 spiro atoms. The molecule has 0 aliphatic rings. The van der Waals surface area contributed by atoms with Gasteiger partial charge in [0.15, 0.2) is 11.7 Å². The zero-order chi connectivity index (χ0) is 17.6. The standard InChI is InChI=1S/C17H19ClN6O/c1-19-17(24(2)11-12-5-3-6-13(18)9-12)20-10-15-21-16(23-22-15)14-7-4-8-25-14/h3-9H,10-11H2,1-2H3,(H,19,20)(H,21,22,23). The van der Waals surface area contributed by atoms with Gasteiger partial charge in [0.05, 0.1) is 12.8 Å². The molecule has 0 saturated heterocycles. The number of furan rings is 1. The van der Waals surface area contributed by atoms with Gasteiger partial charge in [0.25, 0.3) is 0 Å². The Bertz CT molecular complexity index is 842. The Hall–Kier alpha value is -2.80. The van der Waals surface area contributed by atoms with Crippen LogP contribution >= 0.6 is 11.6 Å². The van der Waals surface area contributed by atoms with Crippen molar-refractivity contribution in [3.8, 4) is 11.6 Å². The van der Waals surface area contributed by atoms with Gasteiger partial charge in [-0.3, -0.25) is 10.1 Å². The van der Waals surface area contributed by atoms with Gasteiger partial charge in [-0.1, -0.05) is 23.7 Å². The summed E-state index contributed by atoms with van der Waals surface area (Å²) in [6.07, 6.45) is 1.59. The number of aliphatic imine (C=N–C) groups is 1.